The molecule has 40 heteroatoms. The second kappa shape index (κ2) is 151. The fourth-order valence-electron chi connectivity index (χ4n) is 0. The van der Waals surface area contributed by atoms with Gasteiger partial charge in [0, 0.05) is 95.5 Å². The molecule has 0 aromatic carbocycles. The van der Waals surface area contributed by atoms with E-state index < -0.39 is 95.5 Å². The van der Waals surface area contributed by atoms with Gasteiger partial charge in [-0.25, -0.2) is 0 Å². The molecule has 0 bridgehead atoms. The van der Waals surface area contributed by atoms with E-state index in [-0.39, 0.29) is 197 Å². The van der Waals surface area contributed by atoms with E-state index in [0.717, 1.165) is 111 Å². The van der Waals surface area contributed by atoms with Crippen LogP contribution in [-0.2, 0) is 110 Å². The second-order valence-electron chi connectivity index (χ2n) is 7.87. The smallest absolute Gasteiger partial charge is 0.550 e. The summed E-state index contributed by atoms with van der Waals surface area (Å²) in [7, 11) is 0. The van der Waals surface area contributed by atoms with Gasteiger partial charge < -0.3 is 158 Å². The van der Waals surface area contributed by atoms with Crippen LogP contribution in [0.4, 0.5) is 0 Å². The number of rotatable bonds is 0. The molecule has 410 valence electrons. The van der Waals surface area contributed by atoms with E-state index in [1.807, 2.05) is 0 Å². The molecule has 72 heavy (non-hydrogen) atoms. The van der Waals surface area contributed by atoms with E-state index in [0.29, 0.717) is 0 Å². The molecule has 0 N–H and O–H groups in total. The Bertz CT molecular complexity index is 859. The molecule has 0 aliphatic heterocycles. The third-order valence-electron chi connectivity index (χ3n) is 0. The fraction of sp³-hybridized carbons (Fsp3) is 0.500. The molecule has 0 aromatic rings. The van der Waals surface area contributed by atoms with Gasteiger partial charge in [-0.1, -0.05) is 0 Å². The molecule has 0 fully saturated rings. The van der Waals surface area contributed by atoms with Crippen molar-refractivity contribution in [3.05, 3.63) is 0 Å². The van der Waals surface area contributed by atoms with Crippen LogP contribution in [0.15, 0.2) is 0 Å². The van der Waals surface area contributed by atoms with E-state index in [1.165, 1.54) is 0 Å². The SMILES string of the molecule is CC(=O)[O-].CC(=O)[O-].CC(=O)[O-].CC(=O)[O-].CC(=O)[O-].CC(=O)[O-].CC(=O)[O-].CC(=O)[O-].CC(=O)[O-].CC(=O)[O-].CC(=O)[O-].CC(=O)[O-].CC(=O)[O-].CC(=O)[O-].CC(=O)[O-].CC(=O)[O-].[Co+2].[Co+2].[Pb+2].[Pb+2].[Pb+2].[Pb+2].[Pb+2].[Pb+2]. The number of carbonyl (C=O) groups excluding carboxylic acids is 16. The summed E-state index contributed by atoms with van der Waals surface area (Å²) >= 11 is 0. The van der Waals surface area contributed by atoms with Gasteiger partial charge in [-0.15, -0.1) is 0 Å². The summed E-state index contributed by atoms with van der Waals surface area (Å²) in [6.45, 7) is 15.6. The van der Waals surface area contributed by atoms with E-state index >= 15 is 0 Å². The molecule has 0 aromatic heterocycles. The Morgan fingerprint density at radius 3 is 0.139 bits per heavy atom. The molecular formula is C32H48Co2O32Pb6. The van der Waals surface area contributed by atoms with Gasteiger partial charge in [0.1, 0.15) is 0 Å². The van der Waals surface area contributed by atoms with Gasteiger partial charge in [0.2, 0.25) is 0 Å². The molecule has 32 nitrogen and oxygen atoms in total. The van der Waals surface area contributed by atoms with Crippen LogP contribution >= 0.6 is 0 Å². The Morgan fingerprint density at radius 2 is 0.139 bits per heavy atom. The van der Waals surface area contributed by atoms with Crippen LogP contribution in [0.5, 0.6) is 0 Å². The topological polar surface area (TPSA) is 642 Å². The summed E-state index contributed by atoms with van der Waals surface area (Å²) < 4.78 is 0. The van der Waals surface area contributed by atoms with Crippen molar-refractivity contribution in [3.8, 4) is 0 Å². The van der Waals surface area contributed by atoms with Crippen molar-refractivity contribution in [2.75, 3.05) is 0 Å². The maximum Gasteiger partial charge on any atom is 2.00 e. The number of hydrogen-bond acceptors (Lipinski definition) is 32. The minimum atomic E-state index is -1.08. The summed E-state index contributed by atoms with van der Waals surface area (Å²) in [5.74, 6) is -17.3. The number of hydrogen-bond donors (Lipinski definition) is 0. The van der Waals surface area contributed by atoms with E-state index in [1.54, 1.807) is 0 Å². The minimum absolute atomic E-state index is 0. The standard InChI is InChI=1S/16C2H4O2.2Co.6Pb/c16*1-2(3)4;;;;;;;;/h16*1H3,(H,3,4);;;;;;;;/q;;;;;;;;;;;;;;;;8*+2/p-16. The zero-order valence-electron chi connectivity index (χ0n) is 40.7. The van der Waals surface area contributed by atoms with Crippen molar-refractivity contribution >= 4 is 259 Å². The van der Waals surface area contributed by atoms with Gasteiger partial charge in [-0.05, 0) is 111 Å². The Balaban J connectivity index is -0.0000000154. The second-order valence-corrected chi connectivity index (χ2v) is 7.87. The first-order valence-corrected chi connectivity index (χ1v) is 14.5. The van der Waals surface area contributed by atoms with Crippen LogP contribution in [0.1, 0.15) is 111 Å². The third kappa shape index (κ3) is 81800. The maximum absolute atomic E-state index is 8.89. The van der Waals surface area contributed by atoms with E-state index in [9.17, 15) is 0 Å². The third-order valence-corrected chi connectivity index (χ3v) is 0. The van der Waals surface area contributed by atoms with E-state index in [2.05, 4.69) is 0 Å². The summed E-state index contributed by atoms with van der Waals surface area (Å²) in [6.07, 6.45) is 0. The molecule has 0 aliphatic carbocycles. The Labute approximate surface area is 555 Å². The molecule has 0 aliphatic rings. The first kappa shape index (κ1) is 157. The molecule has 0 unspecified atom stereocenters. The predicted molar refractivity (Wildman–Crippen MR) is 205 cm³/mol. The number of carboxylic acid groups (broad SMARTS) is 16. The van der Waals surface area contributed by atoms with Crippen LogP contribution in [0.25, 0.3) is 0 Å². The molecule has 0 heterocycles. The summed E-state index contributed by atoms with van der Waals surface area (Å²) in [6, 6.07) is 0. The number of aliphatic carboxylic acids is 16. The van der Waals surface area contributed by atoms with Crippen LogP contribution in [0, 0.1) is 0 Å². The quantitative estimate of drug-likeness (QED) is 0.203. The van der Waals surface area contributed by atoms with Crippen LogP contribution < -0.4 is 81.7 Å². The first-order chi connectivity index (χ1) is 27.7. The fourth-order valence-corrected chi connectivity index (χ4v) is 0. The van der Waals surface area contributed by atoms with Crippen LogP contribution in [0.3, 0.4) is 0 Å². The summed E-state index contributed by atoms with van der Waals surface area (Å²) in [5.41, 5.74) is 0. The first-order valence-electron chi connectivity index (χ1n) is 14.5. The largest absolute Gasteiger partial charge is 2.00 e. The maximum atomic E-state index is 8.89. The molecular weight excluding hydrogens is 2260 g/mol. The van der Waals surface area contributed by atoms with Crippen molar-refractivity contribution < 1.29 is 192 Å². The van der Waals surface area contributed by atoms with Crippen molar-refractivity contribution in [1.82, 2.24) is 0 Å². The molecule has 14 radical (unpaired) electrons. The van der Waals surface area contributed by atoms with Gasteiger partial charge >= 0.3 is 197 Å². The molecule has 0 spiro atoms. The van der Waals surface area contributed by atoms with Gasteiger partial charge in [-0.2, -0.15) is 0 Å². The van der Waals surface area contributed by atoms with Gasteiger partial charge in [0.15, 0.2) is 0 Å². The molecule has 0 rings (SSSR count). The Hall–Kier alpha value is -1.93. The molecule has 0 amide bonds. The summed E-state index contributed by atoms with van der Waals surface area (Å²) in [5, 5.41) is 142. The van der Waals surface area contributed by atoms with Gasteiger partial charge in [-0.3, -0.25) is 0 Å². The monoisotopic (exact) mass is 2310 g/mol. The van der Waals surface area contributed by atoms with Crippen LogP contribution in [0.2, 0.25) is 0 Å². The van der Waals surface area contributed by atoms with Crippen LogP contribution in [-0.4, -0.2) is 259 Å². The predicted octanol–water partition coefficient (Wildman–Crippen LogP) is -22.2. The van der Waals surface area contributed by atoms with Crippen molar-refractivity contribution in [3.63, 3.8) is 0 Å². The summed E-state index contributed by atoms with van der Waals surface area (Å²) in [4.78, 5) is 142. The minimum Gasteiger partial charge on any atom is -0.550 e. The van der Waals surface area contributed by atoms with E-state index in [4.69, 9.17) is 158 Å². The zero-order valence-corrected chi connectivity index (χ0v) is 66.1. The Morgan fingerprint density at radius 1 is 0.139 bits per heavy atom. The van der Waals surface area contributed by atoms with Gasteiger partial charge in [0.05, 0.1) is 0 Å². The molecule has 0 saturated heterocycles. The molecule has 0 atom stereocenters. The normalized spacial score (nSPS) is 5.56. The van der Waals surface area contributed by atoms with Crippen molar-refractivity contribution in [2.45, 2.75) is 111 Å². The van der Waals surface area contributed by atoms with Crippen molar-refractivity contribution in [2.24, 2.45) is 0 Å². The average Bonchev–Trinajstić information content (AvgIpc) is 2.83. The number of carboxylic acids is 16. The number of carbonyl (C=O) groups is 16. The molecule has 0 saturated carbocycles. The zero-order chi connectivity index (χ0) is 57.2. The van der Waals surface area contributed by atoms with Gasteiger partial charge in [0.25, 0.3) is 0 Å². The average molecular weight is 2310 g/mol. The Kier molecular flexibility index (Phi) is 330. The van der Waals surface area contributed by atoms with Crippen molar-refractivity contribution in [1.29, 1.82) is 0 Å².